The highest BCUT2D eigenvalue weighted by Crippen LogP contribution is 2.24. The van der Waals surface area contributed by atoms with Gasteiger partial charge in [0.1, 0.15) is 0 Å². The van der Waals surface area contributed by atoms with Crippen molar-refractivity contribution in [1.29, 1.82) is 5.26 Å². The van der Waals surface area contributed by atoms with Crippen molar-refractivity contribution in [3.05, 3.63) is 41.6 Å². The van der Waals surface area contributed by atoms with Crippen LogP contribution in [0.2, 0.25) is 0 Å². The molecule has 0 aliphatic heterocycles. The van der Waals surface area contributed by atoms with E-state index in [2.05, 4.69) is 16.5 Å². The summed E-state index contributed by atoms with van der Waals surface area (Å²) < 4.78 is 4.94. The number of rotatable bonds is 4. The van der Waals surface area contributed by atoms with Gasteiger partial charge >= 0.3 is 0 Å². The second-order valence-electron chi connectivity index (χ2n) is 4.22. The molecule has 20 heavy (non-hydrogen) atoms. The zero-order valence-electron chi connectivity index (χ0n) is 11.1. The van der Waals surface area contributed by atoms with Crippen LogP contribution in [0.3, 0.4) is 0 Å². The fraction of sp³-hybridized carbons (Fsp3) is 0.214. The lowest BCUT2D eigenvalue weighted by molar-refractivity contribution is -0.115. The number of nitrogens with one attached hydrogen (secondary N) is 1. The molecule has 2 rings (SSSR count). The van der Waals surface area contributed by atoms with Gasteiger partial charge < -0.3 is 4.52 Å². The molecule has 0 aliphatic rings. The van der Waals surface area contributed by atoms with Gasteiger partial charge in [0.2, 0.25) is 11.8 Å². The molecule has 2 aromatic rings. The Morgan fingerprint density at radius 2 is 2.15 bits per heavy atom. The molecule has 6 heteroatoms. The van der Waals surface area contributed by atoms with E-state index in [1.54, 1.807) is 32.0 Å². The molecule has 5 nitrogen and oxygen atoms in total. The van der Waals surface area contributed by atoms with E-state index in [1.165, 1.54) is 11.8 Å². The zero-order valence-corrected chi connectivity index (χ0v) is 11.9. The summed E-state index contributed by atoms with van der Waals surface area (Å²) in [5, 5.41) is 14.8. The average Bonchev–Trinajstić information content (AvgIpc) is 2.85. The van der Waals surface area contributed by atoms with Crippen LogP contribution in [0.1, 0.15) is 18.2 Å². The number of aryl methyl sites for hydroxylation is 1. The summed E-state index contributed by atoms with van der Waals surface area (Å²) in [4.78, 5) is 12.9. The number of carbonyl (C=O) groups excluding carboxylic acids is 1. The molecule has 0 aliphatic carbocycles. The first-order chi connectivity index (χ1) is 9.58. The Labute approximate surface area is 121 Å². The van der Waals surface area contributed by atoms with Crippen LogP contribution in [-0.4, -0.2) is 16.3 Å². The van der Waals surface area contributed by atoms with Gasteiger partial charge in [0.15, 0.2) is 0 Å². The first-order valence-corrected chi connectivity index (χ1v) is 6.87. The quantitative estimate of drug-likeness (QED) is 0.874. The Hall–Kier alpha value is -2.26. The van der Waals surface area contributed by atoms with E-state index < -0.39 is 0 Å². The van der Waals surface area contributed by atoms with E-state index in [1.807, 2.05) is 12.1 Å². The number of thioether (sulfide) groups is 1. The summed E-state index contributed by atoms with van der Waals surface area (Å²) >= 11 is 1.41. The summed E-state index contributed by atoms with van der Waals surface area (Å²) in [6, 6.07) is 10.8. The molecule has 1 aromatic heterocycles. The average molecular weight is 287 g/mol. The number of aromatic nitrogens is 1. The third kappa shape index (κ3) is 3.62. The monoisotopic (exact) mass is 287 g/mol. The van der Waals surface area contributed by atoms with Crippen molar-refractivity contribution in [2.24, 2.45) is 0 Å². The van der Waals surface area contributed by atoms with Crippen LogP contribution in [0.5, 0.6) is 0 Å². The van der Waals surface area contributed by atoms with Gasteiger partial charge in [0, 0.05) is 11.0 Å². The topological polar surface area (TPSA) is 78.9 Å². The highest BCUT2D eigenvalue weighted by atomic mass is 32.2. The molecule has 102 valence electrons. The maximum Gasteiger partial charge on any atom is 0.239 e. The van der Waals surface area contributed by atoms with Crippen LogP contribution in [-0.2, 0) is 4.79 Å². The minimum absolute atomic E-state index is 0.157. The van der Waals surface area contributed by atoms with Crippen LogP contribution in [0.4, 0.5) is 5.88 Å². The molecule has 0 radical (unpaired) electrons. The molecular formula is C14H13N3O2S. The molecule has 0 spiro atoms. The van der Waals surface area contributed by atoms with Gasteiger partial charge in [-0.25, -0.2) is 0 Å². The number of amides is 1. The Kier molecular flexibility index (Phi) is 4.43. The normalized spacial score (nSPS) is 11.7. The highest BCUT2D eigenvalue weighted by molar-refractivity contribution is 8.00. The first-order valence-electron chi connectivity index (χ1n) is 5.99. The first kappa shape index (κ1) is 14.2. The molecule has 0 bridgehead atoms. The summed E-state index contributed by atoms with van der Waals surface area (Å²) in [5.74, 6) is 0.190. The maximum atomic E-state index is 12.0. The smallest absolute Gasteiger partial charge is 0.239 e. The standard InChI is InChI=1S/C14H13N3O2S/c1-9-7-13(19-17-9)16-14(18)10(2)20-12-5-3-11(8-15)4-6-12/h3-7,10H,1-2H3,(H,16,18). The Balaban J connectivity index is 1.95. The number of carbonyl (C=O) groups is 1. The Morgan fingerprint density at radius 1 is 1.45 bits per heavy atom. The van der Waals surface area contributed by atoms with Gasteiger partial charge in [-0.2, -0.15) is 5.26 Å². The molecule has 1 N–H and O–H groups in total. The van der Waals surface area contributed by atoms with Crippen molar-refractivity contribution in [2.75, 3.05) is 5.32 Å². The van der Waals surface area contributed by atoms with Crippen molar-refractivity contribution < 1.29 is 9.32 Å². The molecule has 1 aromatic carbocycles. The van der Waals surface area contributed by atoms with E-state index in [0.29, 0.717) is 17.1 Å². The number of nitriles is 1. The predicted octanol–water partition coefficient (Wildman–Crippen LogP) is 2.97. The second kappa shape index (κ2) is 6.26. The van der Waals surface area contributed by atoms with Gasteiger partial charge in [-0.05, 0) is 38.1 Å². The molecule has 0 fully saturated rings. The lowest BCUT2D eigenvalue weighted by Gasteiger charge is -2.10. The molecule has 1 amide bonds. The minimum Gasteiger partial charge on any atom is -0.338 e. The maximum absolute atomic E-state index is 12.0. The Bertz CT molecular complexity index is 643. The fourth-order valence-electron chi connectivity index (χ4n) is 1.51. The lowest BCUT2D eigenvalue weighted by Crippen LogP contribution is -2.22. The molecule has 0 saturated carbocycles. The van der Waals surface area contributed by atoms with Crippen molar-refractivity contribution in [2.45, 2.75) is 24.0 Å². The summed E-state index contributed by atoms with van der Waals surface area (Å²) in [6.45, 7) is 3.59. The SMILES string of the molecule is Cc1cc(NC(=O)C(C)Sc2ccc(C#N)cc2)on1. The summed E-state index contributed by atoms with van der Waals surface area (Å²) in [5.41, 5.74) is 1.32. The third-order valence-corrected chi connectivity index (χ3v) is 3.65. The largest absolute Gasteiger partial charge is 0.338 e. The molecule has 0 saturated heterocycles. The van der Waals surface area contributed by atoms with Crippen LogP contribution in [0.15, 0.2) is 39.8 Å². The highest BCUT2D eigenvalue weighted by Gasteiger charge is 2.16. The van der Waals surface area contributed by atoms with E-state index in [-0.39, 0.29) is 11.2 Å². The third-order valence-electron chi connectivity index (χ3n) is 2.54. The zero-order chi connectivity index (χ0) is 14.5. The van der Waals surface area contributed by atoms with Crippen LogP contribution in [0.25, 0.3) is 0 Å². The second-order valence-corrected chi connectivity index (χ2v) is 5.63. The van der Waals surface area contributed by atoms with E-state index in [9.17, 15) is 4.79 Å². The predicted molar refractivity (Wildman–Crippen MR) is 76.3 cm³/mol. The number of hydrogen-bond donors (Lipinski definition) is 1. The van der Waals surface area contributed by atoms with Crippen molar-refractivity contribution >= 4 is 23.6 Å². The van der Waals surface area contributed by atoms with Crippen LogP contribution < -0.4 is 5.32 Å². The fourth-order valence-corrected chi connectivity index (χ4v) is 2.38. The number of anilines is 1. The van der Waals surface area contributed by atoms with Gasteiger partial charge in [-0.3, -0.25) is 10.1 Å². The van der Waals surface area contributed by atoms with E-state index >= 15 is 0 Å². The van der Waals surface area contributed by atoms with Gasteiger partial charge in [-0.1, -0.05) is 5.16 Å². The number of nitrogens with zero attached hydrogens (tertiary/aromatic N) is 2. The summed E-state index contributed by atoms with van der Waals surface area (Å²) in [6.07, 6.45) is 0. The summed E-state index contributed by atoms with van der Waals surface area (Å²) in [7, 11) is 0. The Morgan fingerprint density at radius 3 is 2.70 bits per heavy atom. The molecule has 1 atom stereocenters. The van der Waals surface area contributed by atoms with Crippen molar-refractivity contribution in [3.63, 3.8) is 0 Å². The van der Waals surface area contributed by atoms with Crippen molar-refractivity contribution in [1.82, 2.24) is 5.16 Å². The van der Waals surface area contributed by atoms with Gasteiger partial charge in [-0.15, -0.1) is 11.8 Å². The van der Waals surface area contributed by atoms with E-state index in [0.717, 1.165) is 4.90 Å². The van der Waals surface area contributed by atoms with Gasteiger partial charge in [0.25, 0.3) is 0 Å². The van der Waals surface area contributed by atoms with Gasteiger partial charge in [0.05, 0.1) is 22.6 Å². The molecule has 1 unspecified atom stereocenters. The van der Waals surface area contributed by atoms with Crippen molar-refractivity contribution in [3.8, 4) is 6.07 Å². The minimum atomic E-state index is -0.284. The number of benzene rings is 1. The lowest BCUT2D eigenvalue weighted by atomic mass is 10.2. The van der Waals surface area contributed by atoms with Crippen LogP contribution >= 0.6 is 11.8 Å². The van der Waals surface area contributed by atoms with E-state index in [4.69, 9.17) is 9.78 Å². The van der Waals surface area contributed by atoms with Crippen LogP contribution in [0, 0.1) is 18.3 Å². The molecular weight excluding hydrogens is 274 g/mol. The molecule has 1 heterocycles. The number of hydrogen-bond acceptors (Lipinski definition) is 5.